The lowest BCUT2D eigenvalue weighted by Gasteiger charge is -2.15. The molecule has 0 aliphatic carbocycles. The Labute approximate surface area is 176 Å². The number of hydrogen-bond acceptors (Lipinski definition) is 3. The lowest BCUT2D eigenvalue weighted by molar-refractivity contribution is 0.284. The van der Waals surface area contributed by atoms with Crippen molar-refractivity contribution < 1.29 is 9.47 Å². The fourth-order valence-corrected chi connectivity index (χ4v) is 3.23. The molecule has 0 unspecified atom stereocenters. The van der Waals surface area contributed by atoms with E-state index in [4.69, 9.17) is 32.7 Å². The van der Waals surface area contributed by atoms with E-state index in [1.807, 2.05) is 30.3 Å². The summed E-state index contributed by atoms with van der Waals surface area (Å²) in [7, 11) is 1.63. The van der Waals surface area contributed by atoms with E-state index < -0.39 is 0 Å². The van der Waals surface area contributed by atoms with Crippen molar-refractivity contribution in [1.29, 1.82) is 0 Å². The summed E-state index contributed by atoms with van der Waals surface area (Å²) in [6, 6.07) is 19.7. The van der Waals surface area contributed by atoms with Gasteiger partial charge in [0.25, 0.3) is 0 Å². The molecule has 0 atom stereocenters. The van der Waals surface area contributed by atoms with Gasteiger partial charge in [-0.3, -0.25) is 0 Å². The van der Waals surface area contributed by atoms with Crippen LogP contribution in [-0.4, -0.2) is 7.11 Å². The number of hydrogen-bond donors (Lipinski definition) is 1. The van der Waals surface area contributed by atoms with Crippen LogP contribution in [0.15, 0.2) is 60.7 Å². The number of halogens is 2. The standard InChI is InChI=1S/C23H23Cl2NO2/c1-16-7-9-17(10-8-16)15-28-23-12-21(25)19(11-22(23)27-2)14-26-13-18-5-3-4-6-20(18)24/h3-12,26H,13-15H2,1-2H3. The molecule has 0 spiro atoms. The summed E-state index contributed by atoms with van der Waals surface area (Å²) in [5.41, 5.74) is 4.30. The van der Waals surface area contributed by atoms with Crippen molar-refractivity contribution in [2.24, 2.45) is 0 Å². The highest BCUT2D eigenvalue weighted by Gasteiger charge is 2.11. The third-order valence-electron chi connectivity index (χ3n) is 4.44. The molecule has 0 aliphatic heterocycles. The fourth-order valence-electron chi connectivity index (χ4n) is 2.80. The van der Waals surface area contributed by atoms with Gasteiger partial charge in [-0.15, -0.1) is 0 Å². The van der Waals surface area contributed by atoms with Crippen LogP contribution in [0.5, 0.6) is 11.5 Å². The SMILES string of the molecule is COc1cc(CNCc2ccccc2Cl)c(Cl)cc1OCc1ccc(C)cc1. The van der Waals surface area contributed by atoms with Crippen molar-refractivity contribution in [1.82, 2.24) is 5.32 Å². The minimum atomic E-state index is 0.455. The molecule has 0 bridgehead atoms. The fraction of sp³-hybridized carbons (Fsp3) is 0.217. The first-order chi connectivity index (χ1) is 13.6. The third-order valence-corrected chi connectivity index (χ3v) is 5.16. The van der Waals surface area contributed by atoms with Crippen molar-refractivity contribution in [3.63, 3.8) is 0 Å². The zero-order valence-electron chi connectivity index (χ0n) is 16.0. The van der Waals surface area contributed by atoms with Gasteiger partial charge in [0.2, 0.25) is 0 Å². The van der Waals surface area contributed by atoms with Crippen LogP contribution in [0.3, 0.4) is 0 Å². The third kappa shape index (κ3) is 5.41. The largest absolute Gasteiger partial charge is 0.493 e. The average molecular weight is 416 g/mol. The van der Waals surface area contributed by atoms with Crippen LogP contribution in [0.2, 0.25) is 10.0 Å². The lowest BCUT2D eigenvalue weighted by Crippen LogP contribution is -2.13. The van der Waals surface area contributed by atoms with Gasteiger partial charge in [0, 0.05) is 29.2 Å². The number of benzene rings is 3. The van der Waals surface area contributed by atoms with E-state index in [9.17, 15) is 0 Å². The summed E-state index contributed by atoms with van der Waals surface area (Å²) in [6.45, 7) is 3.77. The van der Waals surface area contributed by atoms with Gasteiger partial charge in [0.1, 0.15) is 6.61 Å². The molecular formula is C23H23Cl2NO2. The molecule has 146 valence electrons. The predicted octanol–water partition coefficient (Wildman–Crippen LogP) is 6.18. The molecule has 0 aromatic heterocycles. The molecule has 3 aromatic carbocycles. The normalized spacial score (nSPS) is 10.7. The van der Waals surface area contributed by atoms with Crippen molar-refractivity contribution in [3.05, 3.63) is 93.0 Å². The van der Waals surface area contributed by atoms with Gasteiger partial charge in [-0.25, -0.2) is 0 Å². The average Bonchev–Trinajstić information content (AvgIpc) is 2.70. The molecule has 0 heterocycles. The smallest absolute Gasteiger partial charge is 0.163 e. The second kappa shape index (κ2) is 9.83. The highest BCUT2D eigenvalue weighted by molar-refractivity contribution is 6.31. The van der Waals surface area contributed by atoms with Crippen molar-refractivity contribution >= 4 is 23.2 Å². The summed E-state index contributed by atoms with van der Waals surface area (Å²) in [4.78, 5) is 0. The van der Waals surface area contributed by atoms with Gasteiger partial charge >= 0.3 is 0 Å². The van der Waals surface area contributed by atoms with E-state index >= 15 is 0 Å². The molecule has 3 aromatic rings. The Morgan fingerprint density at radius 3 is 2.25 bits per heavy atom. The predicted molar refractivity (Wildman–Crippen MR) is 116 cm³/mol. The van der Waals surface area contributed by atoms with Gasteiger partial charge in [-0.2, -0.15) is 0 Å². The number of ether oxygens (including phenoxy) is 2. The second-order valence-corrected chi connectivity index (χ2v) is 7.38. The zero-order chi connectivity index (χ0) is 19.9. The minimum absolute atomic E-state index is 0.455. The van der Waals surface area contributed by atoms with Gasteiger partial charge in [0.05, 0.1) is 7.11 Å². The first-order valence-corrected chi connectivity index (χ1v) is 9.81. The van der Waals surface area contributed by atoms with Crippen LogP contribution in [0.1, 0.15) is 22.3 Å². The Morgan fingerprint density at radius 2 is 1.54 bits per heavy atom. The van der Waals surface area contributed by atoms with Gasteiger partial charge in [-0.05, 0) is 35.7 Å². The Morgan fingerprint density at radius 1 is 0.821 bits per heavy atom. The van der Waals surface area contributed by atoms with E-state index in [-0.39, 0.29) is 0 Å². The van der Waals surface area contributed by atoms with E-state index in [1.165, 1.54) is 5.56 Å². The van der Waals surface area contributed by atoms with Crippen molar-refractivity contribution in [2.75, 3.05) is 7.11 Å². The van der Waals surface area contributed by atoms with E-state index in [1.54, 1.807) is 13.2 Å². The Kier molecular flexibility index (Phi) is 7.21. The number of rotatable bonds is 8. The summed E-state index contributed by atoms with van der Waals surface area (Å²) in [6.07, 6.45) is 0. The molecule has 3 rings (SSSR count). The first-order valence-electron chi connectivity index (χ1n) is 9.05. The maximum atomic E-state index is 6.47. The number of nitrogens with one attached hydrogen (secondary N) is 1. The number of aryl methyl sites for hydroxylation is 1. The van der Waals surface area contributed by atoms with Crippen LogP contribution in [0.4, 0.5) is 0 Å². The monoisotopic (exact) mass is 415 g/mol. The topological polar surface area (TPSA) is 30.5 Å². The van der Waals surface area contributed by atoms with E-state index in [0.29, 0.717) is 36.2 Å². The maximum Gasteiger partial charge on any atom is 0.163 e. The molecule has 0 radical (unpaired) electrons. The van der Waals surface area contributed by atoms with Crippen molar-refractivity contribution in [3.8, 4) is 11.5 Å². The Hall–Kier alpha value is -2.20. The first kappa shape index (κ1) is 20.5. The maximum absolute atomic E-state index is 6.47. The molecule has 28 heavy (non-hydrogen) atoms. The Bertz CT molecular complexity index is 926. The molecule has 0 saturated heterocycles. The van der Waals surface area contributed by atoms with Crippen LogP contribution in [0, 0.1) is 6.92 Å². The summed E-state index contributed by atoms with van der Waals surface area (Å²) in [5, 5.41) is 4.75. The quantitative estimate of drug-likeness (QED) is 0.476. The molecular weight excluding hydrogens is 393 g/mol. The molecule has 0 aliphatic rings. The van der Waals surface area contributed by atoms with E-state index in [2.05, 4.69) is 36.5 Å². The van der Waals surface area contributed by atoms with Crippen LogP contribution in [-0.2, 0) is 19.7 Å². The second-order valence-electron chi connectivity index (χ2n) is 6.56. The van der Waals surface area contributed by atoms with Crippen molar-refractivity contribution in [2.45, 2.75) is 26.6 Å². The van der Waals surface area contributed by atoms with Gasteiger partial charge < -0.3 is 14.8 Å². The van der Waals surface area contributed by atoms with E-state index in [0.717, 1.165) is 21.7 Å². The van der Waals surface area contributed by atoms with Gasteiger partial charge in [-0.1, -0.05) is 71.2 Å². The highest BCUT2D eigenvalue weighted by Crippen LogP contribution is 2.34. The molecule has 5 heteroatoms. The lowest BCUT2D eigenvalue weighted by atomic mass is 10.1. The summed E-state index contributed by atoms with van der Waals surface area (Å²) < 4.78 is 11.4. The highest BCUT2D eigenvalue weighted by atomic mass is 35.5. The summed E-state index contributed by atoms with van der Waals surface area (Å²) >= 11 is 12.7. The Balaban J connectivity index is 1.65. The summed E-state index contributed by atoms with van der Waals surface area (Å²) in [5.74, 6) is 1.29. The minimum Gasteiger partial charge on any atom is -0.493 e. The molecule has 3 nitrogen and oxygen atoms in total. The van der Waals surface area contributed by atoms with Gasteiger partial charge in [0.15, 0.2) is 11.5 Å². The zero-order valence-corrected chi connectivity index (χ0v) is 17.5. The number of methoxy groups -OCH3 is 1. The molecule has 0 saturated carbocycles. The molecule has 1 N–H and O–H groups in total. The molecule has 0 amide bonds. The van der Waals surface area contributed by atoms with Crippen LogP contribution >= 0.6 is 23.2 Å². The van der Waals surface area contributed by atoms with Crippen LogP contribution in [0.25, 0.3) is 0 Å². The van der Waals surface area contributed by atoms with Crippen LogP contribution < -0.4 is 14.8 Å². The molecule has 0 fully saturated rings.